The molecule has 0 saturated heterocycles. The lowest BCUT2D eigenvalue weighted by Gasteiger charge is -2.25. The number of allylic oxidation sites excluding steroid dienone is 1. The molecule has 0 saturated carbocycles. The topological polar surface area (TPSA) is 88.4 Å². The van der Waals surface area contributed by atoms with Crippen molar-refractivity contribution in [1.82, 2.24) is 4.57 Å². The second kappa shape index (κ2) is 12.8. The lowest BCUT2D eigenvalue weighted by molar-refractivity contribution is -0.139. The number of carbonyl (C=O) groups is 1. The van der Waals surface area contributed by atoms with Gasteiger partial charge in [-0.3, -0.25) is 9.36 Å². The van der Waals surface area contributed by atoms with Crippen LogP contribution in [0.4, 0.5) is 0 Å². The number of carbonyl (C=O) groups excluding carboxylic acids is 1. The molecule has 0 radical (unpaired) electrons. The maximum Gasteiger partial charge on any atom is 0.338 e. The first kappa shape index (κ1) is 29.9. The van der Waals surface area contributed by atoms with Crippen molar-refractivity contribution in [3.05, 3.63) is 133 Å². The SMILES string of the molecule is CCOC(=O)C1=C(C)N=c2s/c(=C\c3ccccc3OCc3cccc4ccccc34)c(=O)n2[C@H]1c1ccc(OC)c(OC)c1. The van der Waals surface area contributed by atoms with Crippen LogP contribution >= 0.6 is 11.3 Å². The Morgan fingerprint density at radius 2 is 1.69 bits per heavy atom. The van der Waals surface area contributed by atoms with Crippen molar-refractivity contribution in [3.8, 4) is 17.2 Å². The molecule has 2 heterocycles. The van der Waals surface area contributed by atoms with Gasteiger partial charge in [0.05, 0.1) is 42.7 Å². The smallest absolute Gasteiger partial charge is 0.338 e. The van der Waals surface area contributed by atoms with Gasteiger partial charge in [0, 0.05) is 5.56 Å². The molecule has 6 rings (SSSR count). The Labute approximate surface area is 264 Å². The van der Waals surface area contributed by atoms with Gasteiger partial charge in [-0.1, -0.05) is 78.1 Å². The zero-order valence-corrected chi connectivity index (χ0v) is 26.2. The number of aromatic nitrogens is 1. The molecule has 0 unspecified atom stereocenters. The van der Waals surface area contributed by atoms with Crippen molar-refractivity contribution in [2.45, 2.75) is 26.5 Å². The molecule has 4 aromatic carbocycles. The van der Waals surface area contributed by atoms with Gasteiger partial charge in [0.2, 0.25) is 0 Å². The Kier molecular flexibility index (Phi) is 8.53. The third-order valence-electron chi connectivity index (χ3n) is 7.71. The predicted octanol–water partition coefficient (Wildman–Crippen LogP) is 5.55. The highest BCUT2D eigenvalue weighted by Crippen LogP contribution is 2.36. The number of esters is 1. The van der Waals surface area contributed by atoms with Gasteiger partial charge in [0.1, 0.15) is 12.4 Å². The minimum Gasteiger partial charge on any atom is -0.493 e. The molecule has 9 heteroatoms. The molecule has 228 valence electrons. The summed E-state index contributed by atoms with van der Waals surface area (Å²) in [6.07, 6.45) is 1.82. The summed E-state index contributed by atoms with van der Waals surface area (Å²) in [5.74, 6) is 1.13. The second-order valence-corrected chi connectivity index (χ2v) is 11.4. The van der Waals surface area contributed by atoms with Crippen LogP contribution in [0.5, 0.6) is 17.2 Å². The van der Waals surface area contributed by atoms with Crippen LogP contribution < -0.4 is 29.1 Å². The number of ether oxygens (including phenoxy) is 4. The van der Waals surface area contributed by atoms with E-state index in [9.17, 15) is 9.59 Å². The first-order valence-corrected chi connectivity index (χ1v) is 15.3. The molecule has 0 amide bonds. The van der Waals surface area contributed by atoms with Gasteiger partial charge >= 0.3 is 5.97 Å². The van der Waals surface area contributed by atoms with E-state index in [0.29, 0.717) is 50.0 Å². The van der Waals surface area contributed by atoms with E-state index in [1.54, 1.807) is 44.8 Å². The number of thiazole rings is 1. The van der Waals surface area contributed by atoms with E-state index in [1.807, 2.05) is 54.6 Å². The number of hydrogen-bond acceptors (Lipinski definition) is 8. The number of para-hydroxylation sites is 1. The molecule has 1 atom stereocenters. The maximum atomic E-state index is 14.2. The highest BCUT2D eigenvalue weighted by atomic mass is 32.1. The largest absolute Gasteiger partial charge is 0.493 e. The second-order valence-electron chi connectivity index (χ2n) is 10.4. The predicted molar refractivity (Wildman–Crippen MR) is 175 cm³/mol. The van der Waals surface area contributed by atoms with Crippen LogP contribution in [0.15, 0.2) is 106 Å². The van der Waals surface area contributed by atoms with Gasteiger partial charge in [-0.15, -0.1) is 0 Å². The van der Waals surface area contributed by atoms with E-state index < -0.39 is 12.0 Å². The van der Waals surface area contributed by atoms with Gasteiger partial charge in [0.15, 0.2) is 16.3 Å². The van der Waals surface area contributed by atoms with E-state index in [-0.39, 0.29) is 12.2 Å². The van der Waals surface area contributed by atoms with Gasteiger partial charge in [0.25, 0.3) is 5.56 Å². The maximum absolute atomic E-state index is 14.2. The first-order chi connectivity index (χ1) is 21.9. The Balaban J connectivity index is 1.44. The molecule has 8 nitrogen and oxygen atoms in total. The highest BCUT2D eigenvalue weighted by Gasteiger charge is 2.34. The number of nitrogens with zero attached hydrogens (tertiary/aromatic N) is 2. The molecule has 0 fully saturated rings. The summed E-state index contributed by atoms with van der Waals surface area (Å²) >= 11 is 1.26. The van der Waals surface area contributed by atoms with E-state index in [2.05, 4.69) is 29.3 Å². The zero-order valence-electron chi connectivity index (χ0n) is 25.4. The summed E-state index contributed by atoms with van der Waals surface area (Å²) in [4.78, 5) is 32.6. The summed E-state index contributed by atoms with van der Waals surface area (Å²) in [6, 6.07) is 26.5. The van der Waals surface area contributed by atoms with Gasteiger partial charge < -0.3 is 18.9 Å². The summed E-state index contributed by atoms with van der Waals surface area (Å²) in [5.41, 5.74) is 2.99. The summed E-state index contributed by atoms with van der Waals surface area (Å²) in [7, 11) is 3.10. The molecular weight excluding hydrogens is 588 g/mol. The van der Waals surface area contributed by atoms with Gasteiger partial charge in [-0.05, 0) is 60.0 Å². The van der Waals surface area contributed by atoms with E-state index >= 15 is 0 Å². The molecule has 45 heavy (non-hydrogen) atoms. The third kappa shape index (κ3) is 5.74. The Morgan fingerprint density at radius 1 is 0.933 bits per heavy atom. The van der Waals surface area contributed by atoms with Crippen LogP contribution in [0, 0.1) is 0 Å². The number of hydrogen-bond donors (Lipinski definition) is 0. The molecule has 0 N–H and O–H groups in total. The van der Waals surface area contributed by atoms with Crippen LogP contribution in [0.25, 0.3) is 16.8 Å². The Morgan fingerprint density at radius 3 is 2.49 bits per heavy atom. The quantitative estimate of drug-likeness (QED) is 0.201. The number of fused-ring (bicyclic) bond motifs is 2. The van der Waals surface area contributed by atoms with Crippen molar-refractivity contribution in [2.24, 2.45) is 4.99 Å². The van der Waals surface area contributed by atoms with E-state index in [0.717, 1.165) is 21.9 Å². The monoisotopic (exact) mass is 620 g/mol. The van der Waals surface area contributed by atoms with Crippen LogP contribution in [0.2, 0.25) is 0 Å². The molecule has 5 aromatic rings. The average molecular weight is 621 g/mol. The Bertz CT molecular complexity index is 2120. The van der Waals surface area contributed by atoms with Crippen molar-refractivity contribution >= 4 is 34.2 Å². The van der Waals surface area contributed by atoms with Crippen molar-refractivity contribution in [3.63, 3.8) is 0 Å². The Hall–Kier alpha value is -5.15. The van der Waals surface area contributed by atoms with E-state index in [4.69, 9.17) is 18.9 Å². The fourth-order valence-corrected chi connectivity index (χ4v) is 6.61. The summed E-state index contributed by atoms with van der Waals surface area (Å²) in [5, 5.41) is 2.28. The number of methoxy groups -OCH3 is 2. The van der Waals surface area contributed by atoms with Crippen LogP contribution in [-0.2, 0) is 16.1 Å². The van der Waals surface area contributed by atoms with Crippen molar-refractivity contribution in [2.75, 3.05) is 20.8 Å². The zero-order chi connectivity index (χ0) is 31.5. The molecule has 1 aromatic heterocycles. The standard InChI is InChI=1S/C36H32N2O6S/c1-5-43-35(40)32-22(2)37-36-38(33(32)25-17-18-29(41-3)30(19-25)42-4)34(39)31(45-36)20-24-12-7-9-16-28(24)44-21-26-14-10-13-23-11-6-8-15-27(23)26/h6-20,33H,5,21H2,1-4H3/b31-20-/t33-/m0/s1. The van der Waals surface area contributed by atoms with Crippen molar-refractivity contribution < 1.29 is 23.7 Å². The fraction of sp³-hybridized carbons (Fsp3) is 0.194. The minimum absolute atomic E-state index is 0.189. The average Bonchev–Trinajstić information content (AvgIpc) is 3.36. The lowest BCUT2D eigenvalue weighted by atomic mass is 9.95. The molecule has 0 spiro atoms. The third-order valence-corrected chi connectivity index (χ3v) is 8.69. The summed E-state index contributed by atoms with van der Waals surface area (Å²) < 4.78 is 24.7. The lowest BCUT2D eigenvalue weighted by Crippen LogP contribution is -2.40. The van der Waals surface area contributed by atoms with Gasteiger partial charge in [-0.2, -0.15) is 0 Å². The first-order valence-electron chi connectivity index (χ1n) is 14.5. The molecule has 1 aliphatic heterocycles. The van der Waals surface area contributed by atoms with Crippen LogP contribution in [0.3, 0.4) is 0 Å². The molecule has 0 bridgehead atoms. The van der Waals surface area contributed by atoms with Crippen LogP contribution in [-0.4, -0.2) is 31.4 Å². The number of benzene rings is 4. The minimum atomic E-state index is -0.778. The number of rotatable bonds is 9. The summed E-state index contributed by atoms with van der Waals surface area (Å²) in [6.45, 7) is 4.06. The molecule has 1 aliphatic rings. The normalized spacial score (nSPS) is 14.6. The van der Waals surface area contributed by atoms with Gasteiger partial charge in [-0.25, -0.2) is 9.79 Å². The fourth-order valence-electron chi connectivity index (χ4n) is 5.58. The van der Waals surface area contributed by atoms with Crippen molar-refractivity contribution in [1.29, 1.82) is 0 Å². The molecular formula is C36H32N2O6S. The van der Waals surface area contributed by atoms with E-state index in [1.165, 1.54) is 11.3 Å². The van der Waals surface area contributed by atoms with Crippen LogP contribution in [0.1, 0.15) is 36.6 Å². The molecule has 0 aliphatic carbocycles. The highest BCUT2D eigenvalue weighted by molar-refractivity contribution is 7.07.